The quantitative estimate of drug-likeness (QED) is 0.650. The highest BCUT2D eigenvalue weighted by molar-refractivity contribution is 6.05. The van der Waals surface area contributed by atoms with Gasteiger partial charge in [-0.15, -0.1) is 0 Å². The predicted octanol–water partition coefficient (Wildman–Crippen LogP) is 2.68. The number of anilines is 1. The van der Waals surface area contributed by atoms with Crippen LogP contribution < -0.4 is 16.6 Å². The minimum Gasteiger partial charge on any atom is -0.369 e. The number of benzene rings is 2. The van der Waals surface area contributed by atoms with Crippen LogP contribution in [0.25, 0.3) is 0 Å². The standard InChI is InChI=1S/C23H23N3O3/c1-16-10-12-26(13-11-17-6-3-2-4-7-17)23(29)21(16)22(28)25-19-9-5-8-18(14-19)15-20(24)27/h2-10,12,14H,11,13,15H2,1H3,(H2,24,27)(H,25,28). The molecule has 2 aromatic carbocycles. The summed E-state index contributed by atoms with van der Waals surface area (Å²) in [6, 6.07) is 18.5. The van der Waals surface area contributed by atoms with Crippen molar-refractivity contribution in [1.29, 1.82) is 0 Å². The van der Waals surface area contributed by atoms with E-state index < -0.39 is 11.8 Å². The zero-order chi connectivity index (χ0) is 20.8. The van der Waals surface area contributed by atoms with E-state index in [1.54, 1.807) is 48.0 Å². The number of aryl methyl sites for hydroxylation is 3. The smallest absolute Gasteiger partial charge is 0.263 e. The Morgan fingerprint density at radius 1 is 1.00 bits per heavy atom. The van der Waals surface area contributed by atoms with Crippen molar-refractivity contribution in [3.8, 4) is 0 Å². The number of rotatable bonds is 7. The molecule has 0 fully saturated rings. The lowest BCUT2D eigenvalue weighted by Crippen LogP contribution is -2.30. The number of carbonyl (C=O) groups excluding carboxylic acids is 2. The fraction of sp³-hybridized carbons (Fsp3) is 0.174. The molecular formula is C23H23N3O3. The number of nitrogens with one attached hydrogen (secondary N) is 1. The van der Waals surface area contributed by atoms with E-state index in [0.29, 0.717) is 29.8 Å². The molecule has 3 aromatic rings. The minimum absolute atomic E-state index is 0.0837. The average Bonchev–Trinajstić information content (AvgIpc) is 2.68. The van der Waals surface area contributed by atoms with Crippen LogP contribution in [0, 0.1) is 6.92 Å². The molecule has 0 atom stereocenters. The SMILES string of the molecule is Cc1ccn(CCc2ccccc2)c(=O)c1C(=O)Nc1cccc(CC(N)=O)c1. The Morgan fingerprint density at radius 2 is 1.72 bits per heavy atom. The third-order valence-corrected chi connectivity index (χ3v) is 4.65. The largest absolute Gasteiger partial charge is 0.369 e. The Kier molecular flexibility index (Phi) is 6.24. The summed E-state index contributed by atoms with van der Waals surface area (Å²) in [6.07, 6.45) is 2.49. The predicted molar refractivity (Wildman–Crippen MR) is 113 cm³/mol. The summed E-state index contributed by atoms with van der Waals surface area (Å²) < 4.78 is 1.55. The number of hydrogen-bond donors (Lipinski definition) is 2. The fourth-order valence-electron chi connectivity index (χ4n) is 3.17. The molecule has 0 aliphatic heterocycles. The van der Waals surface area contributed by atoms with E-state index in [4.69, 9.17) is 5.73 Å². The normalized spacial score (nSPS) is 10.5. The van der Waals surface area contributed by atoms with Crippen LogP contribution >= 0.6 is 0 Å². The molecule has 0 unspecified atom stereocenters. The van der Waals surface area contributed by atoms with Crippen molar-refractivity contribution < 1.29 is 9.59 Å². The van der Waals surface area contributed by atoms with Gasteiger partial charge in [0.2, 0.25) is 5.91 Å². The van der Waals surface area contributed by atoms with Gasteiger partial charge in [0, 0.05) is 18.4 Å². The van der Waals surface area contributed by atoms with Gasteiger partial charge in [-0.1, -0.05) is 42.5 Å². The molecule has 2 amide bonds. The maximum atomic E-state index is 12.9. The molecule has 1 aromatic heterocycles. The summed E-state index contributed by atoms with van der Waals surface area (Å²) >= 11 is 0. The van der Waals surface area contributed by atoms with E-state index in [1.807, 2.05) is 30.3 Å². The number of pyridine rings is 1. The molecule has 0 spiro atoms. The molecular weight excluding hydrogens is 366 g/mol. The molecule has 3 rings (SSSR count). The number of aromatic nitrogens is 1. The van der Waals surface area contributed by atoms with E-state index >= 15 is 0 Å². The van der Waals surface area contributed by atoms with E-state index in [0.717, 1.165) is 5.56 Å². The van der Waals surface area contributed by atoms with Crippen molar-refractivity contribution in [1.82, 2.24) is 4.57 Å². The summed E-state index contributed by atoms with van der Waals surface area (Å²) in [5.41, 5.74) is 7.94. The van der Waals surface area contributed by atoms with Crippen LogP contribution in [0.2, 0.25) is 0 Å². The highest BCUT2D eigenvalue weighted by Gasteiger charge is 2.16. The number of nitrogens with two attached hydrogens (primary N) is 1. The van der Waals surface area contributed by atoms with E-state index in [1.165, 1.54) is 0 Å². The van der Waals surface area contributed by atoms with Gasteiger partial charge in [0.25, 0.3) is 11.5 Å². The fourth-order valence-corrected chi connectivity index (χ4v) is 3.17. The summed E-state index contributed by atoms with van der Waals surface area (Å²) in [5, 5.41) is 2.75. The van der Waals surface area contributed by atoms with Crippen LogP contribution in [-0.4, -0.2) is 16.4 Å². The lowest BCUT2D eigenvalue weighted by atomic mass is 10.1. The third-order valence-electron chi connectivity index (χ3n) is 4.65. The molecule has 6 heteroatoms. The van der Waals surface area contributed by atoms with E-state index in [9.17, 15) is 14.4 Å². The molecule has 1 heterocycles. The van der Waals surface area contributed by atoms with Gasteiger partial charge in [-0.2, -0.15) is 0 Å². The monoisotopic (exact) mass is 389 g/mol. The number of nitrogens with zero attached hydrogens (tertiary/aromatic N) is 1. The van der Waals surface area contributed by atoms with Gasteiger partial charge in [-0.3, -0.25) is 14.4 Å². The first-order chi connectivity index (χ1) is 13.9. The van der Waals surface area contributed by atoms with Crippen LogP contribution in [0.5, 0.6) is 0 Å². The summed E-state index contributed by atoms with van der Waals surface area (Å²) in [4.78, 5) is 36.8. The van der Waals surface area contributed by atoms with Crippen molar-refractivity contribution in [2.45, 2.75) is 26.3 Å². The van der Waals surface area contributed by atoms with Crippen LogP contribution in [0.1, 0.15) is 27.0 Å². The molecule has 0 radical (unpaired) electrons. The van der Waals surface area contributed by atoms with Crippen LogP contribution in [-0.2, 0) is 24.2 Å². The molecule has 0 saturated heterocycles. The van der Waals surface area contributed by atoms with E-state index in [2.05, 4.69) is 5.32 Å². The molecule has 148 valence electrons. The zero-order valence-corrected chi connectivity index (χ0v) is 16.2. The molecule has 0 bridgehead atoms. The highest BCUT2D eigenvalue weighted by atomic mass is 16.2. The lowest BCUT2D eigenvalue weighted by molar-refractivity contribution is -0.117. The molecule has 0 saturated carbocycles. The Morgan fingerprint density at radius 3 is 2.45 bits per heavy atom. The lowest BCUT2D eigenvalue weighted by Gasteiger charge is -2.12. The van der Waals surface area contributed by atoms with Gasteiger partial charge in [0.1, 0.15) is 5.56 Å². The van der Waals surface area contributed by atoms with Gasteiger partial charge in [-0.25, -0.2) is 0 Å². The van der Waals surface area contributed by atoms with Crippen molar-refractivity contribution in [3.05, 3.63) is 99.5 Å². The van der Waals surface area contributed by atoms with Gasteiger partial charge >= 0.3 is 0 Å². The van der Waals surface area contributed by atoms with Crippen LogP contribution in [0.3, 0.4) is 0 Å². The minimum atomic E-state index is -0.474. The first-order valence-electron chi connectivity index (χ1n) is 9.36. The van der Waals surface area contributed by atoms with Gasteiger partial charge in [0.05, 0.1) is 6.42 Å². The van der Waals surface area contributed by atoms with E-state index in [-0.39, 0.29) is 17.5 Å². The summed E-state index contributed by atoms with van der Waals surface area (Å²) in [5.74, 6) is -0.925. The van der Waals surface area contributed by atoms with Crippen molar-refractivity contribution in [2.24, 2.45) is 5.73 Å². The highest BCUT2D eigenvalue weighted by Crippen LogP contribution is 2.13. The van der Waals surface area contributed by atoms with Gasteiger partial charge in [-0.05, 0) is 48.2 Å². The summed E-state index contributed by atoms with van der Waals surface area (Å²) in [7, 11) is 0. The first-order valence-corrected chi connectivity index (χ1v) is 9.36. The second-order valence-electron chi connectivity index (χ2n) is 6.91. The molecule has 0 aliphatic carbocycles. The second-order valence-corrected chi connectivity index (χ2v) is 6.91. The van der Waals surface area contributed by atoms with Crippen LogP contribution in [0.4, 0.5) is 5.69 Å². The Hall–Kier alpha value is -3.67. The van der Waals surface area contributed by atoms with Crippen molar-refractivity contribution in [2.75, 3.05) is 5.32 Å². The zero-order valence-electron chi connectivity index (χ0n) is 16.2. The topological polar surface area (TPSA) is 94.2 Å². The number of hydrogen-bond acceptors (Lipinski definition) is 3. The molecule has 6 nitrogen and oxygen atoms in total. The molecule has 29 heavy (non-hydrogen) atoms. The van der Waals surface area contributed by atoms with Gasteiger partial charge in [0.15, 0.2) is 0 Å². The molecule has 0 aliphatic rings. The second kappa shape index (κ2) is 9.01. The third kappa shape index (κ3) is 5.19. The Labute approximate surface area is 169 Å². The number of amides is 2. The van der Waals surface area contributed by atoms with Crippen LogP contribution in [0.15, 0.2) is 71.7 Å². The Bertz CT molecular complexity index is 1090. The maximum Gasteiger partial charge on any atom is 0.263 e. The number of carbonyl (C=O) groups is 2. The first kappa shape index (κ1) is 20.1. The summed E-state index contributed by atoms with van der Waals surface area (Å²) in [6.45, 7) is 2.22. The van der Waals surface area contributed by atoms with Crippen molar-refractivity contribution >= 4 is 17.5 Å². The molecule has 3 N–H and O–H groups in total. The Balaban J connectivity index is 1.80. The van der Waals surface area contributed by atoms with Crippen molar-refractivity contribution in [3.63, 3.8) is 0 Å². The number of primary amides is 1. The maximum absolute atomic E-state index is 12.9. The average molecular weight is 389 g/mol. The van der Waals surface area contributed by atoms with Gasteiger partial charge < -0.3 is 15.6 Å².